The molecule has 0 atom stereocenters. The second-order valence-electron chi connectivity index (χ2n) is 7.61. The maximum Gasteiger partial charge on any atom is 0.251 e. The van der Waals surface area contributed by atoms with Crippen molar-refractivity contribution < 1.29 is 13.2 Å². The first kappa shape index (κ1) is 18.2. The molecular formula is C21H24N2O3S. The van der Waals surface area contributed by atoms with Crippen LogP contribution in [0.25, 0.3) is 0 Å². The molecule has 0 aliphatic heterocycles. The highest BCUT2D eigenvalue weighted by molar-refractivity contribution is 7.89. The average molecular weight is 385 g/mol. The number of carbonyl (C=O) groups excluding carboxylic acids is 1. The summed E-state index contributed by atoms with van der Waals surface area (Å²) in [5, 5.41) is 3.02. The van der Waals surface area contributed by atoms with Crippen molar-refractivity contribution in [1.82, 2.24) is 10.0 Å². The zero-order valence-electron chi connectivity index (χ0n) is 15.1. The van der Waals surface area contributed by atoms with Gasteiger partial charge in [0.2, 0.25) is 10.0 Å². The van der Waals surface area contributed by atoms with Crippen LogP contribution in [0.15, 0.2) is 59.5 Å². The molecule has 2 fully saturated rings. The maximum absolute atomic E-state index is 12.7. The van der Waals surface area contributed by atoms with E-state index in [2.05, 4.69) is 22.2 Å². The van der Waals surface area contributed by atoms with Crippen molar-refractivity contribution in [1.29, 1.82) is 0 Å². The van der Waals surface area contributed by atoms with Gasteiger partial charge in [0.25, 0.3) is 5.91 Å². The van der Waals surface area contributed by atoms with Crippen molar-refractivity contribution >= 4 is 15.9 Å². The molecule has 0 unspecified atom stereocenters. The smallest absolute Gasteiger partial charge is 0.251 e. The van der Waals surface area contributed by atoms with Gasteiger partial charge in [0.05, 0.1) is 4.90 Å². The molecule has 2 saturated carbocycles. The van der Waals surface area contributed by atoms with Gasteiger partial charge in [-0.2, -0.15) is 0 Å². The topological polar surface area (TPSA) is 75.3 Å². The second kappa shape index (κ2) is 7.09. The van der Waals surface area contributed by atoms with Crippen molar-refractivity contribution in [2.75, 3.05) is 6.54 Å². The molecule has 0 saturated heterocycles. The lowest BCUT2D eigenvalue weighted by Crippen LogP contribution is -2.45. The van der Waals surface area contributed by atoms with Gasteiger partial charge in [-0.15, -0.1) is 0 Å². The van der Waals surface area contributed by atoms with E-state index in [1.165, 1.54) is 17.7 Å². The number of carbonyl (C=O) groups is 1. The van der Waals surface area contributed by atoms with Gasteiger partial charge in [0, 0.05) is 23.6 Å². The van der Waals surface area contributed by atoms with Crippen molar-refractivity contribution in [3.63, 3.8) is 0 Å². The predicted octanol–water partition coefficient (Wildman–Crippen LogP) is 2.98. The van der Waals surface area contributed by atoms with Crippen LogP contribution in [0, 0.1) is 0 Å². The van der Waals surface area contributed by atoms with Crippen LogP contribution in [0.5, 0.6) is 0 Å². The van der Waals surface area contributed by atoms with Gasteiger partial charge in [-0.25, -0.2) is 13.1 Å². The number of nitrogens with one attached hydrogen (secondary N) is 2. The van der Waals surface area contributed by atoms with Crippen LogP contribution >= 0.6 is 0 Å². The fourth-order valence-electron chi connectivity index (χ4n) is 3.61. The van der Waals surface area contributed by atoms with E-state index in [1.807, 2.05) is 18.2 Å². The van der Waals surface area contributed by atoms with Gasteiger partial charge in [-0.1, -0.05) is 42.8 Å². The van der Waals surface area contributed by atoms with E-state index < -0.39 is 10.0 Å². The minimum atomic E-state index is -3.56. The molecule has 6 heteroatoms. The summed E-state index contributed by atoms with van der Waals surface area (Å²) < 4.78 is 27.4. The van der Waals surface area contributed by atoms with E-state index in [-0.39, 0.29) is 22.3 Å². The molecule has 4 rings (SSSR count). The lowest BCUT2D eigenvalue weighted by molar-refractivity contribution is 0.0927. The first-order chi connectivity index (χ1) is 13.0. The fraction of sp³-hybridized carbons (Fsp3) is 0.381. The fourth-order valence-corrected chi connectivity index (χ4v) is 4.96. The van der Waals surface area contributed by atoms with Crippen molar-refractivity contribution in [3.05, 3.63) is 65.7 Å². The molecule has 0 radical (unpaired) electrons. The lowest BCUT2D eigenvalue weighted by atomic mass is 9.64. The summed E-state index contributed by atoms with van der Waals surface area (Å²) in [6, 6.07) is 16.6. The van der Waals surface area contributed by atoms with Crippen LogP contribution in [0.2, 0.25) is 0 Å². The van der Waals surface area contributed by atoms with Crippen molar-refractivity contribution in [2.45, 2.75) is 48.5 Å². The van der Waals surface area contributed by atoms with E-state index in [1.54, 1.807) is 12.1 Å². The van der Waals surface area contributed by atoms with Gasteiger partial charge in [-0.3, -0.25) is 4.79 Å². The Kier molecular flexibility index (Phi) is 4.78. The third-order valence-electron chi connectivity index (χ3n) is 5.59. The number of sulfonamides is 1. The van der Waals surface area contributed by atoms with E-state index in [4.69, 9.17) is 0 Å². The Morgan fingerprint density at radius 2 is 1.78 bits per heavy atom. The quantitative estimate of drug-likeness (QED) is 0.771. The average Bonchev–Trinajstić information content (AvgIpc) is 3.45. The molecule has 27 heavy (non-hydrogen) atoms. The Bertz CT molecular complexity index is 933. The number of hydrogen-bond acceptors (Lipinski definition) is 3. The maximum atomic E-state index is 12.7. The number of amides is 1. The van der Waals surface area contributed by atoms with Crippen LogP contribution in [-0.2, 0) is 15.4 Å². The third-order valence-corrected chi connectivity index (χ3v) is 7.11. The molecular weight excluding hydrogens is 360 g/mol. The number of hydrogen-bond donors (Lipinski definition) is 2. The zero-order valence-corrected chi connectivity index (χ0v) is 16.0. The van der Waals surface area contributed by atoms with E-state index in [0.29, 0.717) is 12.1 Å². The molecule has 2 N–H and O–H groups in total. The van der Waals surface area contributed by atoms with Crippen LogP contribution < -0.4 is 10.0 Å². The number of rotatable bonds is 7. The summed E-state index contributed by atoms with van der Waals surface area (Å²) >= 11 is 0. The van der Waals surface area contributed by atoms with Crippen molar-refractivity contribution in [2.24, 2.45) is 0 Å². The molecule has 0 spiro atoms. The monoisotopic (exact) mass is 384 g/mol. The highest BCUT2D eigenvalue weighted by Gasteiger charge is 2.38. The Balaban J connectivity index is 1.46. The summed E-state index contributed by atoms with van der Waals surface area (Å²) in [6.45, 7) is 0.563. The summed E-state index contributed by atoms with van der Waals surface area (Å²) in [5.41, 5.74) is 1.62. The molecule has 0 heterocycles. The van der Waals surface area contributed by atoms with Crippen LogP contribution in [0.4, 0.5) is 0 Å². The number of benzene rings is 2. The van der Waals surface area contributed by atoms with Crippen LogP contribution in [0.3, 0.4) is 0 Å². The molecule has 142 valence electrons. The molecule has 2 aliphatic carbocycles. The SMILES string of the molecule is O=C(NCC1(c2ccccc2)CCC1)c1cccc(S(=O)(=O)NC2CC2)c1. The van der Waals surface area contributed by atoms with Crippen molar-refractivity contribution in [3.8, 4) is 0 Å². The molecule has 0 aromatic heterocycles. The van der Waals surface area contributed by atoms with Gasteiger partial charge in [0.15, 0.2) is 0 Å². The van der Waals surface area contributed by atoms with E-state index >= 15 is 0 Å². The van der Waals surface area contributed by atoms with Gasteiger partial charge >= 0.3 is 0 Å². The largest absolute Gasteiger partial charge is 0.351 e. The highest BCUT2D eigenvalue weighted by atomic mass is 32.2. The van der Waals surface area contributed by atoms with Gasteiger partial charge in [-0.05, 0) is 49.4 Å². The van der Waals surface area contributed by atoms with Crippen LogP contribution in [-0.4, -0.2) is 26.9 Å². The highest BCUT2D eigenvalue weighted by Crippen LogP contribution is 2.43. The predicted molar refractivity (Wildman–Crippen MR) is 104 cm³/mol. The lowest BCUT2D eigenvalue weighted by Gasteiger charge is -2.42. The molecule has 2 aromatic rings. The molecule has 2 aromatic carbocycles. The molecule has 0 bridgehead atoms. The Hall–Kier alpha value is -2.18. The second-order valence-corrected chi connectivity index (χ2v) is 9.32. The summed E-state index contributed by atoms with van der Waals surface area (Å²) in [4.78, 5) is 12.8. The normalized spacial score (nSPS) is 18.5. The first-order valence-corrected chi connectivity index (χ1v) is 10.9. The Labute approximate surface area is 160 Å². The minimum absolute atomic E-state index is 0.00582. The summed E-state index contributed by atoms with van der Waals surface area (Å²) in [5.74, 6) is -0.235. The standard InChI is InChI=1S/C21H24N2O3S/c24-20(22-15-21(12-5-13-21)17-7-2-1-3-8-17)16-6-4-9-19(14-16)27(25,26)23-18-10-11-18/h1-4,6-9,14,18,23H,5,10-13,15H2,(H,22,24). The zero-order chi connectivity index (χ0) is 18.9. The van der Waals surface area contributed by atoms with Crippen LogP contribution in [0.1, 0.15) is 48.0 Å². The minimum Gasteiger partial charge on any atom is -0.351 e. The van der Waals surface area contributed by atoms with E-state index in [9.17, 15) is 13.2 Å². The molecule has 2 aliphatic rings. The molecule has 5 nitrogen and oxygen atoms in total. The molecule has 1 amide bonds. The first-order valence-electron chi connectivity index (χ1n) is 9.45. The summed E-state index contributed by atoms with van der Waals surface area (Å²) in [7, 11) is -3.56. The summed E-state index contributed by atoms with van der Waals surface area (Å²) in [6.07, 6.45) is 5.02. The Morgan fingerprint density at radius 3 is 2.41 bits per heavy atom. The Morgan fingerprint density at radius 1 is 1.04 bits per heavy atom. The third kappa shape index (κ3) is 3.92. The van der Waals surface area contributed by atoms with Gasteiger partial charge < -0.3 is 5.32 Å². The van der Waals surface area contributed by atoms with E-state index in [0.717, 1.165) is 32.1 Å². The van der Waals surface area contributed by atoms with Gasteiger partial charge in [0.1, 0.15) is 0 Å².